The standard InChI is InChI=1S/C19H25NO5/c1-24-18-13-20-15(12-17(18)25-11-5-8-19(22)23)9-10-16(21)14-6-3-2-4-7-14/h9-10,12-14H,2-8,11H2,1H3,(H,22,23)/b10-9+. The minimum atomic E-state index is -0.852. The van der Waals surface area contributed by atoms with Crippen LogP contribution in [0.5, 0.6) is 11.5 Å². The predicted octanol–water partition coefficient (Wildman–Crippen LogP) is 3.50. The number of hydrogen-bond donors (Lipinski definition) is 1. The third kappa shape index (κ3) is 6.21. The van der Waals surface area contributed by atoms with Crippen LogP contribution in [0.1, 0.15) is 50.6 Å². The zero-order chi connectivity index (χ0) is 18.1. The molecule has 25 heavy (non-hydrogen) atoms. The molecule has 1 aromatic rings. The van der Waals surface area contributed by atoms with Crippen molar-refractivity contribution < 1.29 is 24.2 Å². The van der Waals surface area contributed by atoms with E-state index in [9.17, 15) is 9.59 Å². The van der Waals surface area contributed by atoms with Crippen LogP contribution in [-0.2, 0) is 9.59 Å². The van der Waals surface area contributed by atoms with Gasteiger partial charge >= 0.3 is 5.97 Å². The van der Waals surface area contributed by atoms with Crippen LogP contribution in [0, 0.1) is 5.92 Å². The molecular weight excluding hydrogens is 322 g/mol. The zero-order valence-corrected chi connectivity index (χ0v) is 14.6. The molecule has 6 heteroatoms. The molecule has 1 aliphatic rings. The topological polar surface area (TPSA) is 85.7 Å². The van der Waals surface area contributed by atoms with Crippen molar-refractivity contribution in [3.63, 3.8) is 0 Å². The lowest BCUT2D eigenvalue weighted by atomic mass is 9.86. The van der Waals surface area contributed by atoms with Crippen molar-refractivity contribution in [2.75, 3.05) is 13.7 Å². The van der Waals surface area contributed by atoms with Gasteiger partial charge in [0.05, 0.1) is 25.6 Å². The molecule has 1 N–H and O–H groups in total. The monoisotopic (exact) mass is 347 g/mol. The largest absolute Gasteiger partial charge is 0.491 e. The Balaban J connectivity index is 1.97. The molecule has 0 atom stereocenters. The Labute approximate surface area is 147 Å². The zero-order valence-electron chi connectivity index (χ0n) is 14.6. The lowest BCUT2D eigenvalue weighted by molar-refractivity contribution is -0.137. The van der Waals surface area contributed by atoms with Crippen LogP contribution in [0.3, 0.4) is 0 Å². The summed E-state index contributed by atoms with van der Waals surface area (Å²) in [5.74, 6) is 0.408. The number of carboxylic acid groups (broad SMARTS) is 1. The maximum Gasteiger partial charge on any atom is 0.303 e. The fourth-order valence-corrected chi connectivity index (χ4v) is 2.89. The Morgan fingerprint density at radius 2 is 2.04 bits per heavy atom. The summed E-state index contributed by atoms with van der Waals surface area (Å²) in [6, 6.07) is 1.70. The minimum Gasteiger partial charge on any atom is -0.491 e. The van der Waals surface area contributed by atoms with E-state index < -0.39 is 5.97 Å². The number of allylic oxidation sites excluding steroid dienone is 1. The maximum absolute atomic E-state index is 12.2. The van der Waals surface area contributed by atoms with E-state index in [4.69, 9.17) is 14.6 Å². The van der Waals surface area contributed by atoms with E-state index in [1.165, 1.54) is 19.7 Å². The van der Waals surface area contributed by atoms with E-state index in [0.717, 1.165) is 25.7 Å². The number of aromatic nitrogens is 1. The molecule has 1 heterocycles. The highest BCUT2D eigenvalue weighted by Gasteiger charge is 2.18. The first-order valence-corrected chi connectivity index (χ1v) is 8.70. The van der Waals surface area contributed by atoms with E-state index in [0.29, 0.717) is 23.6 Å². The van der Waals surface area contributed by atoms with Gasteiger partial charge in [-0.3, -0.25) is 14.6 Å². The molecule has 2 rings (SSSR count). The molecular formula is C19H25NO5. The average molecular weight is 347 g/mol. The number of nitrogens with zero attached hydrogens (tertiary/aromatic N) is 1. The Morgan fingerprint density at radius 1 is 1.28 bits per heavy atom. The van der Waals surface area contributed by atoms with Crippen LogP contribution in [-0.4, -0.2) is 35.6 Å². The number of methoxy groups -OCH3 is 1. The molecule has 0 saturated heterocycles. The molecule has 136 valence electrons. The molecule has 6 nitrogen and oxygen atoms in total. The molecule has 0 aliphatic heterocycles. The van der Waals surface area contributed by atoms with Crippen LogP contribution in [0.4, 0.5) is 0 Å². The molecule has 0 amide bonds. The summed E-state index contributed by atoms with van der Waals surface area (Å²) >= 11 is 0. The Morgan fingerprint density at radius 3 is 2.72 bits per heavy atom. The van der Waals surface area contributed by atoms with Crippen molar-refractivity contribution in [2.24, 2.45) is 5.92 Å². The predicted molar refractivity (Wildman–Crippen MR) is 93.8 cm³/mol. The summed E-state index contributed by atoms with van der Waals surface area (Å²) in [7, 11) is 1.52. The van der Waals surface area contributed by atoms with Crippen molar-refractivity contribution in [1.29, 1.82) is 0 Å². The van der Waals surface area contributed by atoms with Gasteiger partial charge in [0.25, 0.3) is 0 Å². The molecule has 1 aliphatic carbocycles. The Kier molecular flexibility index (Phi) is 7.44. The van der Waals surface area contributed by atoms with E-state index in [2.05, 4.69) is 4.98 Å². The van der Waals surface area contributed by atoms with Gasteiger partial charge < -0.3 is 14.6 Å². The first kappa shape index (κ1) is 19.0. The van der Waals surface area contributed by atoms with Crippen LogP contribution in [0.25, 0.3) is 6.08 Å². The third-order valence-electron chi connectivity index (χ3n) is 4.29. The van der Waals surface area contributed by atoms with Gasteiger partial charge in [-0.05, 0) is 31.4 Å². The van der Waals surface area contributed by atoms with Gasteiger partial charge in [0.2, 0.25) is 0 Å². The van der Waals surface area contributed by atoms with Gasteiger partial charge in [0, 0.05) is 18.4 Å². The number of aliphatic carboxylic acids is 1. The van der Waals surface area contributed by atoms with E-state index in [1.54, 1.807) is 18.2 Å². The van der Waals surface area contributed by atoms with Crippen LogP contribution >= 0.6 is 0 Å². The summed E-state index contributed by atoms with van der Waals surface area (Å²) in [4.78, 5) is 27.0. The summed E-state index contributed by atoms with van der Waals surface area (Å²) in [5, 5.41) is 8.65. The number of hydrogen-bond acceptors (Lipinski definition) is 5. The number of pyridine rings is 1. The van der Waals surface area contributed by atoms with Gasteiger partial charge in [0.1, 0.15) is 0 Å². The number of carbonyl (C=O) groups excluding carboxylic acids is 1. The molecule has 1 saturated carbocycles. The van der Waals surface area contributed by atoms with Gasteiger partial charge in [-0.2, -0.15) is 0 Å². The van der Waals surface area contributed by atoms with Gasteiger partial charge in [-0.1, -0.05) is 19.3 Å². The second-order valence-corrected chi connectivity index (χ2v) is 6.18. The number of rotatable bonds is 9. The fraction of sp³-hybridized carbons (Fsp3) is 0.526. The second kappa shape index (κ2) is 9.81. The van der Waals surface area contributed by atoms with Crippen molar-refractivity contribution >= 4 is 17.8 Å². The fourth-order valence-electron chi connectivity index (χ4n) is 2.89. The third-order valence-corrected chi connectivity index (χ3v) is 4.29. The average Bonchev–Trinajstić information content (AvgIpc) is 2.64. The highest BCUT2D eigenvalue weighted by molar-refractivity contribution is 5.95. The van der Waals surface area contributed by atoms with Crippen molar-refractivity contribution in [3.8, 4) is 11.5 Å². The number of carbonyl (C=O) groups is 2. The van der Waals surface area contributed by atoms with Crippen molar-refractivity contribution in [1.82, 2.24) is 4.98 Å². The lowest BCUT2D eigenvalue weighted by Crippen LogP contribution is -2.15. The summed E-state index contributed by atoms with van der Waals surface area (Å²) in [6.45, 7) is 0.275. The smallest absolute Gasteiger partial charge is 0.303 e. The SMILES string of the molecule is COc1cnc(/C=C/C(=O)C2CCCCC2)cc1OCCCC(=O)O. The first-order chi connectivity index (χ1) is 12.1. The second-order valence-electron chi connectivity index (χ2n) is 6.18. The number of ketones is 1. The summed E-state index contributed by atoms with van der Waals surface area (Å²) in [6.07, 6.45) is 10.7. The molecule has 1 fully saturated rings. The highest BCUT2D eigenvalue weighted by atomic mass is 16.5. The summed E-state index contributed by atoms with van der Waals surface area (Å²) < 4.78 is 10.8. The number of carboxylic acids is 1. The van der Waals surface area contributed by atoms with Crippen LogP contribution < -0.4 is 9.47 Å². The first-order valence-electron chi connectivity index (χ1n) is 8.70. The van der Waals surface area contributed by atoms with Gasteiger partial charge in [0.15, 0.2) is 17.3 Å². The molecule has 0 unspecified atom stereocenters. The minimum absolute atomic E-state index is 0.0516. The lowest BCUT2D eigenvalue weighted by Gasteiger charge is -2.18. The van der Waals surface area contributed by atoms with Crippen molar-refractivity contribution in [3.05, 3.63) is 24.0 Å². The van der Waals surface area contributed by atoms with Crippen LogP contribution in [0.2, 0.25) is 0 Å². The molecule has 0 spiro atoms. The van der Waals surface area contributed by atoms with Crippen LogP contribution in [0.15, 0.2) is 18.3 Å². The quantitative estimate of drug-likeness (QED) is 0.543. The van der Waals surface area contributed by atoms with Crippen molar-refractivity contribution in [2.45, 2.75) is 44.9 Å². The maximum atomic E-state index is 12.2. The van der Waals surface area contributed by atoms with Gasteiger partial charge in [-0.25, -0.2) is 0 Å². The van der Waals surface area contributed by atoms with E-state index in [1.807, 2.05) is 0 Å². The normalized spacial score (nSPS) is 15.2. The Bertz CT molecular complexity index is 620. The molecule has 0 radical (unpaired) electrons. The molecule has 0 bridgehead atoms. The Hall–Kier alpha value is -2.37. The van der Waals surface area contributed by atoms with Gasteiger partial charge in [-0.15, -0.1) is 0 Å². The molecule has 0 aromatic carbocycles. The van der Waals surface area contributed by atoms with E-state index >= 15 is 0 Å². The molecule has 1 aromatic heterocycles. The van der Waals surface area contributed by atoms with E-state index in [-0.39, 0.29) is 24.7 Å². The highest BCUT2D eigenvalue weighted by Crippen LogP contribution is 2.28. The summed E-state index contributed by atoms with van der Waals surface area (Å²) in [5.41, 5.74) is 0.609. The number of ether oxygens (including phenoxy) is 2.